The molecular formula is C17H18BrNO. The Labute approximate surface area is 128 Å². The van der Waals surface area contributed by atoms with Crippen molar-refractivity contribution in [1.82, 2.24) is 0 Å². The molecule has 0 spiro atoms. The van der Waals surface area contributed by atoms with Crippen LogP contribution >= 0.6 is 15.9 Å². The molecule has 0 aromatic heterocycles. The van der Waals surface area contributed by atoms with Gasteiger partial charge in [-0.05, 0) is 46.6 Å². The maximum atomic E-state index is 5.66. The predicted molar refractivity (Wildman–Crippen MR) is 88.3 cm³/mol. The molecule has 0 amide bonds. The zero-order valence-electron chi connectivity index (χ0n) is 11.5. The van der Waals surface area contributed by atoms with Crippen molar-refractivity contribution in [2.45, 2.75) is 13.5 Å². The summed E-state index contributed by atoms with van der Waals surface area (Å²) in [6, 6.07) is 14.3. The van der Waals surface area contributed by atoms with Crippen LogP contribution in [0.5, 0.6) is 5.75 Å². The van der Waals surface area contributed by atoms with Gasteiger partial charge in [-0.15, -0.1) is 0 Å². The van der Waals surface area contributed by atoms with Gasteiger partial charge in [-0.25, -0.2) is 0 Å². The number of benzene rings is 2. The van der Waals surface area contributed by atoms with Crippen molar-refractivity contribution in [1.29, 1.82) is 0 Å². The Morgan fingerprint density at radius 3 is 2.85 bits per heavy atom. The molecule has 0 heterocycles. The van der Waals surface area contributed by atoms with Crippen molar-refractivity contribution in [3.63, 3.8) is 0 Å². The van der Waals surface area contributed by atoms with Gasteiger partial charge in [-0.1, -0.05) is 36.9 Å². The topological polar surface area (TPSA) is 21.3 Å². The summed E-state index contributed by atoms with van der Waals surface area (Å²) in [5.74, 6) is 0.892. The summed E-state index contributed by atoms with van der Waals surface area (Å²) in [5.41, 5.74) is 3.44. The number of anilines is 1. The van der Waals surface area contributed by atoms with Gasteiger partial charge in [0.05, 0.1) is 0 Å². The second kappa shape index (κ2) is 7.15. The monoisotopic (exact) mass is 331 g/mol. The zero-order valence-corrected chi connectivity index (χ0v) is 13.1. The highest BCUT2D eigenvalue weighted by Gasteiger charge is 2.04. The molecule has 0 bridgehead atoms. The second-order valence-corrected chi connectivity index (χ2v) is 5.40. The largest absolute Gasteiger partial charge is 0.489 e. The fraction of sp³-hybridized carbons (Fsp3) is 0.176. The lowest BCUT2D eigenvalue weighted by atomic mass is 10.2. The van der Waals surface area contributed by atoms with Gasteiger partial charge in [-0.2, -0.15) is 0 Å². The van der Waals surface area contributed by atoms with Crippen LogP contribution in [0.4, 0.5) is 5.69 Å². The van der Waals surface area contributed by atoms with E-state index in [0.29, 0.717) is 6.61 Å². The second-order valence-electron chi connectivity index (χ2n) is 4.54. The molecule has 0 unspecified atom stereocenters. The average Bonchev–Trinajstić information content (AvgIpc) is 2.47. The zero-order chi connectivity index (χ0) is 14.4. The van der Waals surface area contributed by atoms with E-state index in [1.165, 1.54) is 5.56 Å². The minimum atomic E-state index is 0.519. The van der Waals surface area contributed by atoms with Gasteiger partial charge in [0.25, 0.3) is 0 Å². The Morgan fingerprint density at radius 1 is 1.25 bits per heavy atom. The molecule has 104 valence electrons. The standard InChI is InChI=1S/C17H18BrNO/c1-3-10-20-17-7-5-4-6-14(17)12-19-16-11-13(2)8-9-15(16)18/h3-9,11,19H,1,10,12H2,2H3. The van der Waals surface area contributed by atoms with E-state index in [-0.39, 0.29) is 0 Å². The molecule has 2 aromatic rings. The Kier molecular flexibility index (Phi) is 5.24. The van der Waals surface area contributed by atoms with Gasteiger partial charge in [0.15, 0.2) is 0 Å². The minimum absolute atomic E-state index is 0.519. The molecule has 2 nitrogen and oxygen atoms in total. The average molecular weight is 332 g/mol. The summed E-state index contributed by atoms with van der Waals surface area (Å²) >= 11 is 3.56. The molecule has 1 N–H and O–H groups in total. The molecule has 0 aliphatic heterocycles. The number of para-hydroxylation sites is 1. The van der Waals surface area contributed by atoms with Gasteiger partial charge in [0.2, 0.25) is 0 Å². The first-order valence-electron chi connectivity index (χ1n) is 6.52. The fourth-order valence-electron chi connectivity index (χ4n) is 1.90. The van der Waals surface area contributed by atoms with Crippen molar-refractivity contribution in [3.8, 4) is 5.75 Å². The van der Waals surface area contributed by atoms with E-state index in [1.54, 1.807) is 6.08 Å². The molecular weight excluding hydrogens is 314 g/mol. The van der Waals surface area contributed by atoms with E-state index in [9.17, 15) is 0 Å². The summed E-state index contributed by atoms with van der Waals surface area (Å²) in [5, 5.41) is 3.43. The van der Waals surface area contributed by atoms with Crippen LogP contribution in [0.1, 0.15) is 11.1 Å². The van der Waals surface area contributed by atoms with Crippen LogP contribution in [0, 0.1) is 6.92 Å². The maximum Gasteiger partial charge on any atom is 0.124 e. The summed E-state index contributed by atoms with van der Waals surface area (Å²) in [4.78, 5) is 0. The van der Waals surface area contributed by atoms with Crippen molar-refractivity contribution in [2.75, 3.05) is 11.9 Å². The number of hydrogen-bond donors (Lipinski definition) is 1. The summed E-state index contributed by atoms with van der Waals surface area (Å²) in [6.07, 6.45) is 1.75. The lowest BCUT2D eigenvalue weighted by Gasteiger charge is -2.13. The molecule has 0 atom stereocenters. The molecule has 0 saturated heterocycles. The number of rotatable bonds is 6. The van der Waals surface area contributed by atoms with Crippen LogP contribution in [0.15, 0.2) is 59.6 Å². The van der Waals surface area contributed by atoms with Crippen LogP contribution < -0.4 is 10.1 Å². The SMILES string of the molecule is C=CCOc1ccccc1CNc1cc(C)ccc1Br. The quantitative estimate of drug-likeness (QED) is 0.757. The smallest absolute Gasteiger partial charge is 0.124 e. The number of ether oxygens (including phenoxy) is 1. The van der Waals surface area contributed by atoms with Gasteiger partial charge >= 0.3 is 0 Å². The summed E-state index contributed by atoms with van der Waals surface area (Å²) in [7, 11) is 0. The minimum Gasteiger partial charge on any atom is -0.489 e. The fourth-order valence-corrected chi connectivity index (χ4v) is 2.29. The first-order valence-corrected chi connectivity index (χ1v) is 7.31. The highest BCUT2D eigenvalue weighted by Crippen LogP contribution is 2.25. The van der Waals surface area contributed by atoms with Crippen LogP contribution in [-0.2, 0) is 6.54 Å². The van der Waals surface area contributed by atoms with Gasteiger partial charge in [0.1, 0.15) is 12.4 Å². The first kappa shape index (κ1) is 14.7. The van der Waals surface area contributed by atoms with E-state index < -0.39 is 0 Å². The lowest BCUT2D eigenvalue weighted by Crippen LogP contribution is -2.04. The third kappa shape index (κ3) is 3.87. The third-order valence-corrected chi connectivity index (χ3v) is 3.61. The predicted octanol–water partition coefficient (Wildman–Crippen LogP) is 4.93. The summed E-state index contributed by atoms with van der Waals surface area (Å²) < 4.78 is 6.72. The Bertz CT molecular complexity index is 595. The maximum absolute atomic E-state index is 5.66. The van der Waals surface area contributed by atoms with E-state index in [1.807, 2.05) is 18.2 Å². The number of aryl methyl sites for hydroxylation is 1. The van der Waals surface area contributed by atoms with Crippen LogP contribution in [0.25, 0.3) is 0 Å². The van der Waals surface area contributed by atoms with Gasteiger partial charge < -0.3 is 10.1 Å². The number of nitrogens with one attached hydrogen (secondary N) is 1. The molecule has 2 aromatic carbocycles. The van der Waals surface area contributed by atoms with E-state index in [0.717, 1.165) is 28.0 Å². The summed E-state index contributed by atoms with van der Waals surface area (Å²) in [6.45, 7) is 6.99. The molecule has 0 aliphatic carbocycles. The van der Waals surface area contributed by atoms with Crippen molar-refractivity contribution < 1.29 is 4.74 Å². The molecule has 3 heteroatoms. The molecule has 0 radical (unpaired) electrons. The van der Waals surface area contributed by atoms with E-state index >= 15 is 0 Å². The first-order chi connectivity index (χ1) is 9.70. The van der Waals surface area contributed by atoms with Crippen LogP contribution in [0.3, 0.4) is 0 Å². The molecule has 20 heavy (non-hydrogen) atoms. The highest BCUT2D eigenvalue weighted by molar-refractivity contribution is 9.10. The molecule has 0 aliphatic rings. The lowest BCUT2D eigenvalue weighted by molar-refractivity contribution is 0.359. The van der Waals surface area contributed by atoms with Crippen LogP contribution in [0.2, 0.25) is 0 Å². The van der Waals surface area contributed by atoms with Gasteiger partial charge in [-0.3, -0.25) is 0 Å². The van der Waals surface area contributed by atoms with Crippen molar-refractivity contribution in [3.05, 3.63) is 70.7 Å². The number of halogens is 1. The Morgan fingerprint density at radius 2 is 2.05 bits per heavy atom. The molecule has 0 fully saturated rings. The van der Waals surface area contributed by atoms with Crippen molar-refractivity contribution >= 4 is 21.6 Å². The highest BCUT2D eigenvalue weighted by atomic mass is 79.9. The third-order valence-electron chi connectivity index (χ3n) is 2.92. The Hall–Kier alpha value is -1.74. The van der Waals surface area contributed by atoms with Crippen molar-refractivity contribution in [2.24, 2.45) is 0 Å². The molecule has 0 saturated carbocycles. The van der Waals surface area contributed by atoms with E-state index in [4.69, 9.17) is 4.74 Å². The van der Waals surface area contributed by atoms with Gasteiger partial charge in [0, 0.05) is 22.3 Å². The molecule has 2 rings (SSSR count). The normalized spacial score (nSPS) is 10.1. The number of hydrogen-bond acceptors (Lipinski definition) is 2. The van der Waals surface area contributed by atoms with E-state index in [2.05, 4.69) is 59.0 Å². The Balaban J connectivity index is 2.10. The van der Waals surface area contributed by atoms with Crippen LogP contribution in [-0.4, -0.2) is 6.61 Å².